The van der Waals surface area contributed by atoms with E-state index in [1.165, 1.54) is 0 Å². The summed E-state index contributed by atoms with van der Waals surface area (Å²) in [5.74, 6) is 0.266. The van der Waals surface area contributed by atoms with E-state index in [1.54, 1.807) is 0 Å². The maximum Gasteiger partial charge on any atom is 0.179 e. The summed E-state index contributed by atoms with van der Waals surface area (Å²) in [6.07, 6.45) is 2.04. The van der Waals surface area contributed by atoms with Gasteiger partial charge >= 0.3 is 0 Å². The highest BCUT2D eigenvalue weighted by molar-refractivity contribution is 6.00. The molecule has 2 atom stereocenters. The van der Waals surface area contributed by atoms with Crippen LogP contribution < -0.4 is 0 Å². The van der Waals surface area contributed by atoms with Gasteiger partial charge in [0.25, 0.3) is 0 Å². The molecule has 1 saturated heterocycles. The third-order valence-corrected chi connectivity index (χ3v) is 4.11. The largest absolute Gasteiger partial charge is 0.305 e. The maximum absolute atomic E-state index is 12.6. The van der Waals surface area contributed by atoms with Gasteiger partial charge in [-0.15, -0.1) is 0 Å². The van der Waals surface area contributed by atoms with Crippen molar-refractivity contribution in [1.29, 1.82) is 0 Å². The molecular formula is C16H24N2O. The van der Waals surface area contributed by atoms with Gasteiger partial charge in [0.1, 0.15) is 0 Å². The van der Waals surface area contributed by atoms with Crippen molar-refractivity contribution >= 4 is 5.78 Å². The first-order chi connectivity index (χ1) is 9.13. The van der Waals surface area contributed by atoms with Crippen LogP contribution in [0.1, 0.15) is 30.1 Å². The molecule has 2 rings (SSSR count). The molecule has 0 N–H and O–H groups in total. The number of rotatable bonds is 5. The van der Waals surface area contributed by atoms with Crippen LogP contribution in [0.5, 0.6) is 0 Å². The van der Waals surface area contributed by atoms with Crippen molar-refractivity contribution < 1.29 is 4.79 Å². The Morgan fingerprint density at radius 3 is 2.58 bits per heavy atom. The minimum atomic E-state index is 0.0346. The van der Waals surface area contributed by atoms with Gasteiger partial charge in [-0.1, -0.05) is 37.3 Å². The summed E-state index contributed by atoms with van der Waals surface area (Å²) >= 11 is 0. The lowest BCUT2D eigenvalue weighted by Gasteiger charge is -2.27. The van der Waals surface area contributed by atoms with Crippen LogP contribution in [0.15, 0.2) is 30.3 Å². The van der Waals surface area contributed by atoms with Gasteiger partial charge in [-0.05, 0) is 26.9 Å². The van der Waals surface area contributed by atoms with Gasteiger partial charge in [0, 0.05) is 24.7 Å². The molecule has 1 aromatic carbocycles. The molecule has 1 aliphatic rings. The number of carbonyl (C=O) groups is 1. The van der Waals surface area contributed by atoms with Crippen molar-refractivity contribution in [2.75, 3.05) is 27.2 Å². The monoisotopic (exact) mass is 260 g/mol. The molecule has 3 heteroatoms. The Bertz CT molecular complexity index is 416. The van der Waals surface area contributed by atoms with Gasteiger partial charge in [-0.2, -0.15) is 0 Å². The lowest BCUT2D eigenvalue weighted by molar-refractivity contribution is 0.0835. The Kier molecular flexibility index (Phi) is 4.72. The summed E-state index contributed by atoms with van der Waals surface area (Å²) in [5.41, 5.74) is 0.836. The van der Waals surface area contributed by atoms with Gasteiger partial charge in [-0.3, -0.25) is 9.69 Å². The summed E-state index contributed by atoms with van der Waals surface area (Å²) in [6.45, 7) is 4.14. The molecule has 0 saturated carbocycles. The highest BCUT2D eigenvalue weighted by Gasteiger charge is 2.32. The van der Waals surface area contributed by atoms with E-state index < -0.39 is 0 Å². The maximum atomic E-state index is 12.6. The molecule has 0 aromatic heterocycles. The molecule has 0 aliphatic carbocycles. The third-order valence-electron chi connectivity index (χ3n) is 4.11. The standard InChI is InChI=1S/C16H24N2O/c1-4-15(16(19)13-8-6-5-7-9-13)18-11-10-14(12-18)17(2)3/h5-9,14-15H,4,10-12H2,1-3H3. The van der Waals surface area contributed by atoms with Gasteiger partial charge in [-0.25, -0.2) is 0 Å². The topological polar surface area (TPSA) is 23.6 Å². The van der Waals surface area contributed by atoms with Crippen LogP contribution in [0, 0.1) is 0 Å². The van der Waals surface area contributed by atoms with E-state index in [0.717, 1.165) is 31.5 Å². The predicted octanol–water partition coefficient (Wildman–Crippen LogP) is 2.28. The Balaban J connectivity index is 2.07. The van der Waals surface area contributed by atoms with E-state index in [-0.39, 0.29) is 11.8 Å². The summed E-state index contributed by atoms with van der Waals surface area (Å²) in [5, 5.41) is 0. The molecule has 1 aliphatic heterocycles. The number of hydrogen-bond acceptors (Lipinski definition) is 3. The molecule has 2 unspecified atom stereocenters. The summed E-state index contributed by atoms with van der Waals surface area (Å²) in [7, 11) is 4.24. The first-order valence-corrected chi connectivity index (χ1v) is 7.13. The summed E-state index contributed by atoms with van der Waals surface area (Å²) < 4.78 is 0. The average Bonchev–Trinajstić information content (AvgIpc) is 2.90. The molecule has 19 heavy (non-hydrogen) atoms. The number of likely N-dealkylation sites (N-methyl/N-ethyl adjacent to an activating group) is 1. The van der Waals surface area contributed by atoms with E-state index in [2.05, 4.69) is 30.8 Å². The van der Waals surface area contributed by atoms with E-state index in [9.17, 15) is 4.79 Å². The molecule has 0 bridgehead atoms. The van der Waals surface area contributed by atoms with Crippen LogP contribution in [-0.2, 0) is 0 Å². The number of likely N-dealkylation sites (tertiary alicyclic amines) is 1. The van der Waals surface area contributed by atoms with Gasteiger partial charge in [0.2, 0.25) is 0 Å². The Labute approximate surface area is 116 Å². The van der Waals surface area contributed by atoms with Gasteiger partial charge in [0.15, 0.2) is 5.78 Å². The third kappa shape index (κ3) is 3.23. The minimum absolute atomic E-state index is 0.0346. The van der Waals surface area contributed by atoms with Crippen LogP contribution >= 0.6 is 0 Å². The van der Waals surface area contributed by atoms with Crippen molar-refractivity contribution in [3.63, 3.8) is 0 Å². The Hall–Kier alpha value is -1.19. The molecule has 1 heterocycles. The zero-order valence-corrected chi connectivity index (χ0v) is 12.2. The van der Waals surface area contributed by atoms with E-state index in [1.807, 2.05) is 30.3 Å². The summed E-state index contributed by atoms with van der Waals surface area (Å²) in [6, 6.07) is 10.3. The molecule has 1 aromatic rings. The molecule has 0 spiro atoms. The summed E-state index contributed by atoms with van der Waals surface area (Å²) in [4.78, 5) is 17.2. The SMILES string of the molecule is CCC(C(=O)c1ccccc1)N1CCC(N(C)C)C1. The fourth-order valence-electron chi connectivity index (χ4n) is 2.88. The van der Waals surface area contributed by atoms with E-state index >= 15 is 0 Å². The second kappa shape index (κ2) is 6.31. The molecule has 104 valence electrons. The molecule has 0 radical (unpaired) electrons. The van der Waals surface area contributed by atoms with Crippen LogP contribution in [-0.4, -0.2) is 54.9 Å². The Morgan fingerprint density at radius 2 is 2.05 bits per heavy atom. The van der Waals surface area contributed by atoms with Crippen molar-refractivity contribution in [3.8, 4) is 0 Å². The van der Waals surface area contributed by atoms with E-state index in [0.29, 0.717) is 6.04 Å². The second-order valence-electron chi connectivity index (χ2n) is 5.56. The number of ketones is 1. The van der Waals surface area contributed by atoms with Gasteiger partial charge < -0.3 is 4.90 Å². The smallest absolute Gasteiger partial charge is 0.179 e. The van der Waals surface area contributed by atoms with Crippen molar-refractivity contribution in [2.24, 2.45) is 0 Å². The quantitative estimate of drug-likeness (QED) is 0.759. The highest BCUT2D eigenvalue weighted by atomic mass is 16.1. The fourth-order valence-corrected chi connectivity index (χ4v) is 2.88. The molecule has 3 nitrogen and oxygen atoms in total. The first kappa shape index (κ1) is 14.2. The number of Topliss-reactive ketones (excluding diaryl/α,β-unsaturated/α-hetero) is 1. The normalized spacial score (nSPS) is 21.8. The minimum Gasteiger partial charge on any atom is -0.305 e. The van der Waals surface area contributed by atoms with Crippen molar-refractivity contribution in [3.05, 3.63) is 35.9 Å². The zero-order chi connectivity index (χ0) is 13.8. The molecule has 0 amide bonds. The van der Waals surface area contributed by atoms with Crippen LogP contribution in [0.25, 0.3) is 0 Å². The Morgan fingerprint density at radius 1 is 1.37 bits per heavy atom. The fraction of sp³-hybridized carbons (Fsp3) is 0.562. The van der Waals surface area contributed by atoms with Crippen LogP contribution in [0.4, 0.5) is 0 Å². The number of nitrogens with zero attached hydrogens (tertiary/aromatic N) is 2. The van der Waals surface area contributed by atoms with Crippen molar-refractivity contribution in [1.82, 2.24) is 9.80 Å². The second-order valence-corrected chi connectivity index (χ2v) is 5.56. The number of benzene rings is 1. The number of carbonyl (C=O) groups excluding carboxylic acids is 1. The highest BCUT2D eigenvalue weighted by Crippen LogP contribution is 2.20. The zero-order valence-electron chi connectivity index (χ0n) is 12.2. The van der Waals surface area contributed by atoms with Crippen molar-refractivity contribution in [2.45, 2.75) is 31.8 Å². The molecular weight excluding hydrogens is 236 g/mol. The van der Waals surface area contributed by atoms with Crippen LogP contribution in [0.3, 0.4) is 0 Å². The van der Waals surface area contributed by atoms with Gasteiger partial charge in [0.05, 0.1) is 6.04 Å². The first-order valence-electron chi connectivity index (χ1n) is 7.13. The van der Waals surface area contributed by atoms with E-state index in [4.69, 9.17) is 0 Å². The van der Waals surface area contributed by atoms with Crippen LogP contribution in [0.2, 0.25) is 0 Å². The number of hydrogen-bond donors (Lipinski definition) is 0. The molecule has 1 fully saturated rings. The lowest BCUT2D eigenvalue weighted by atomic mass is 10.0. The average molecular weight is 260 g/mol. The lowest BCUT2D eigenvalue weighted by Crippen LogP contribution is -2.41. The predicted molar refractivity (Wildman–Crippen MR) is 78.5 cm³/mol.